The summed E-state index contributed by atoms with van der Waals surface area (Å²) in [6, 6.07) is 3.66. The van der Waals surface area contributed by atoms with E-state index in [0.29, 0.717) is 17.3 Å². The van der Waals surface area contributed by atoms with Crippen LogP contribution < -0.4 is 5.32 Å². The Labute approximate surface area is 120 Å². The van der Waals surface area contributed by atoms with E-state index in [1.54, 1.807) is 10.4 Å². The van der Waals surface area contributed by atoms with Gasteiger partial charge < -0.3 is 5.32 Å². The maximum absolute atomic E-state index is 12.4. The second kappa shape index (κ2) is 7.99. The van der Waals surface area contributed by atoms with Crippen LogP contribution in [0.3, 0.4) is 0 Å². The summed E-state index contributed by atoms with van der Waals surface area (Å²) in [6.45, 7) is 8.89. The zero-order chi connectivity index (χ0) is 14.3. The average molecular weight is 304 g/mol. The first-order valence-corrected chi connectivity index (χ1v) is 9.11. The van der Waals surface area contributed by atoms with Gasteiger partial charge in [-0.1, -0.05) is 20.8 Å². The molecule has 0 saturated heterocycles. The number of nitrogens with zero attached hydrogens (tertiary/aromatic N) is 1. The van der Waals surface area contributed by atoms with Crippen molar-refractivity contribution in [1.29, 1.82) is 0 Å². The van der Waals surface area contributed by atoms with E-state index in [4.69, 9.17) is 0 Å². The number of thiophene rings is 1. The minimum absolute atomic E-state index is 0.467. The monoisotopic (exact) mass is 304 g/mol. The molecule has 0 bridgehead atoms. The summed E-state index contributed by atoms with van der Waals surface area (Å²) in [5.41, 5.74) is 0. The predicted octanol–water partition coefficient (Wildman–Crippen LogP) is 2.32. The molecule has 4 nitrogen and oxygen atoms in total. The number of hydrogen-bond donors (Lipinski definition) is 1. The van der Waals surface area contributed by atoms with E-state index in [2.05, 4.69) is 12.2 Å². The normalized spacial score (nSPS) is 12.2. The Hall–Kier alpha value is -0.430. The van der Waals surface area contributed by atoms with Crippen LogP contribution in [0.25, 0.3) is 0 Å². The van der Waals surface area contributed by atoms with Crippen LogP contribution in [0.1, 0.15) is 32.1 Å². The molecule has 19 heavy (non-hydrogen) atoms. The van der Waals surface area contributed by atoms with Crippen LogP contribution in [0, 0.1) is 0 Å². The van der Waals surface area contributed by atoms with Crippen molar-refractivity contribution in [2.75, 3.05) is 26.2 Å². The zero-order valence-electron chi connectivity index (χ0n) is 12.0. The van der Waals surface area contributed by atoms with Crippen molar-refractivity contribution in [1.82, 2.24) is 9.62 Å². The fraction of sp³-hybridized carbons (Fsp3) is 0.692. The molecule has 1 N–H and O–H groups in total. The van der Waals surface area contributed by atoms with Gasteiger partial charge in [0.25, 0.3) is 10.0 Å². The van der Waals surface area contributed by atoms with Crippen LogP contribution in [0.5, 0.6) is 0 Å². The van der Waals surface area contributed by atoms with E-state index in [9.17, 15) is 8.42 Å². The Morgan fingerprint density at radius 2 is 2.00 bits per heavy atom. The van der Waals surface area contributed by atoms with Gasteiger partial charge in [-0.15, -0.1) is 11.3 Å². The van der Waals surface area contributed by atoms with Crippen LogP contribution >= 0.6 is 11.3 Å². The van der Waals surface area contributed by atoms with Gasteiger partial charge in [0.1, 0.15) is 4.21 Å². The van der Waals surface area contributed by atoms with Gasteiger partial charge in [0.2, 0.25) is 0 Å². The largest absolute Gasteiger partial charge is 0.317 e. The van der Waals surface area contributed by atoms with E-state index < -0.39 is 10.0 Å². The molecule has 0 unspecified atom stereocenters. The van der Waals surface area contributed by atoms with Crippen molar-refractivity contribution in [3.63, 3.8) is 0 Å². The van der Waals surface area contributed by atoms with Crippen LogP contribution in [0.4, 0.5) is 0 Å². The van der Waals surface area contributed by atoms with E-state index in [-0.39, 0.29) is 0 Å². The molecule has 1 heterocycles. The van der Waals surface area contributed by atoms with E-state index in [0.717, 1.165) is 30.8 Å². The summed E-state index contributed by atoms with van der Waals surface area (Å²) >= 11 is 1.39. The lowest BCUT2D eigenvalue weighted by molar-refractivity contribution is 0.428. The summed E-state index contributed by atoms with van der Waals surface area (Å²) in [7, 11) is -3.29. The van der Waals surface area contributed by atoms with Crippen LogP contribution in [-0.4, -0.2) is 38.9 Å². The second-order valence-electron chi connectivity index (χ2n) is 4.32. The highest BCUT2D eigenvalue weighted by Gasteiger charge is 2.23. The standard InChI is InChI=1S/C13H24N2O2S2/c1-4-11-15(6-3)19(16,17)13-8-7-12(18-13)9-10-14-5-2/h7-8,14H,4-6,9-11H2,1-3H3. The zero-order valence-corrected chi connectivity index (χ0v) is 13.6. The van der Waals surface area contributed by atoms with Crippen LogP contribution in [0.15, 0.2) is 16.3 Å². The molecule has 0 amide bonds. The SMILES string of the molecule is CCCN(CC)S(=O)(=O)c1ccc(CCNCC)s1. The smallest absolute Gasteiger partial charge is 0.252 e. The number of nitrogens with one attached hydrogen (secondary N) is 1. The third kappa shape index (κ3) is 4.56. The maximum Gasteiger partial charge on any atom is 0.252 e. The Morgan fingerprint density at radius 3 is 2.58 bits per heavy atom. The van der Waals surface area contributed by atoms with Crippen molar-refractivity contribution in [2.24, 2.45) is 0 Å². The molecule has 0 fully saturated rings. The Morgan fingerprint density at radius 1 is 1.26 bits per heavy atom. The molecule has 6 heteroatoms. The molecule has 1 aromatic heterocycles. The highest BCUT2D eigenvalue weighted by atomic mass is 32.2. The molecule has 0 radical (unpaired) electrons. The van der Waals surface area contributed by atoms with Gasteiger partial charge in [-0.3, -0.25) is 0 Å². The molecule has 1 rings (SSSR count). The van der Waals surface area contributed by atoms with Gasteiger partial charge in [-0.25, -0.2) is 8.42 Å². The molecule has 0 aliphatic rings. The molecule has 0 spiro atoms. The minimum atomic E-state index is -3.29. The topological polar surface area (TPSA) is 49.4 Å². The number of rotatable bonds is 9. The van der Waals surface area contributed by atoms with E-state index in [1.165, 1.54) is 11.3 Å². The quantitative estimate of drug-likeness (QED) is 0.712. The first-order valence-electron chi connectivity index (χ1n) is 6.85. The highest BCUT2D eigenvalue weighted by Crippen LogP contribution is 2.25. The summed E-state index contributed by atoms with van der Waals surface area (Å²) in [6.07, 6.45) is 1.72. The third-order valence-electron chi connectivity index (χ3n) is 2.86. The number of likely N-dealkylation sites (N-methyl/N-ethyl adjacent to an activating group) is 1. The molecule has 0 aliphatic carbocycles. The third-order valence-corrected chi connectivity index (χ3v) is 6.44. The highest BCUT2D eigenvalue weighted by molar-refractivity contribution is 7.91. The molecule has 0 aromatic carbocycles. The molecule has 0 atom stereocenters. The van der Waals surface area contributed by atoms with Gasteiger partial charge >= 0.3 is 0 Å². The van der Waals surface area contributed by atoms with Crippen molar-refractivity contribution in [3.8, 4) is 0 Å². The molecule has 0 aliphatic heterocycles. The Balaban J connectivity index is 2.78. The molecule has 0 saturated carbocycles. The number of hydrogen-bond acceptors (Lipinski definition) is 4. The maximum atomic E-state index is 12.4. The average Bonchev–Trinajstić information content (AvgIpc) is 2.85. The first kappa shape index (κ1) is 16.6. The molecule has 1 aromatic rings. The molecule has 110 valence electrons. The first-order chi connectivity index (χ1) is 9.06. The van der Waals surface area contributed by atoms with Gasteiger partial charge in [-0.2, -0.15) is 4.31 Å². The fourth-order valence-corrected chi connectivity index (χ4v) is 4.90. The van der Waals surface area contributed by atoms with Crippen molar-refractivity contribution in [3.05, 3.63) is 17.0 Å². The van der Waals surface area contributed by atoms with Crippen LogP contribution in [0.2, 0.25) is 0 Å². The Bertz CT molecular complexity index is 469. The van der Waals surface area contributed by atoms with Gasteiger partial charge in [0, 0.05) is 18.0 Å². The lowest BCUT2D eigenvalue weighted by Gasteiger charge is -2.18. The van der Waals surface area contributed by atoms with E-state index >= 15 is 0 Å². The van der Waals surface area contributed by atoms with Gasteiger partial charge in [0.15, 0.2) is 0 Å². The van der Waals surface area contributed by atoms with Gasteiger partial charge in [-0.05, 0) is 38.1 Å². The number of sulfonamides is 1. The van der Waals surface area contributed by atoms with Crippen molar-refractivity contribution in [2.45, 2.75) is 37.8 Å². The Kier molecular flexibility index (Phi) is 6.99. The lowest BCUT2D eigenvalue weighted by Crippen LogP contribution is -2.31. The van der Waals surface area contributed by atoms with Crippen LogP contribution in [-0.2, 0) is 16.4 Å². The van der Waals surface area contributed by atoms with Gasteiger partial charge in [0.05, 0.1) is 0 Å². The molecular weight excluding hydrogens is 280 g/mol. The van der Waals surface area contributed by atoms with Crippen molar-refractivity contribution >= 4 is 21.4 Å². The lowest BCUT2D eigenvalue weighted by atomic mass is 10.3. The summed E-state index contributed by atoms with van der Waals surface area (Å²) in [5.74, 6) is 0. The minimum Gasteiger partial charge on any atom is -0.317 e. The molecular formula is C13H24N2O2S2. The van der Waals surface area contributed by atoms with Crippen molar-refractivity contribution < 1.29 is 8.42 Å². The summed E-state index contributed by atoms with van der Waals surface area (Å²) < 4.78 is 26.9. The predicted molar refractivity (Wildman–Crippen MR) is 81.3 cm³/mol. The fourth-order valence-electron chi connectivity index (χ4n) is 1.84. The summed E-state index contributed by atoms with van der Waals surface area (Å²) in [4.78, 5) is 1.12. The van der Waals surface area contributed by atoms with E-state index in [1.807, 2.05) is 19.9 Å². The second-order valence-corrected chi connectivity index (χ2v) is 7.65. The summed E-state index contributed by atoms with van der Waals surface area (Å²) in [5, 5.41) is 3.25.